The van der Waals surface area contributed by atoms with Crippen molar-refractivity contribution in [1.82, 2.24) is 29.8 Å². The van der Waals surface area contributed by atoms with Crippen LogP contribution >= 0.6 is 11.3 Å². The van der Waals surface area contributed by atoms with Gasteiger partial charge in [0.15, 0.2) is 22.9 Å². The molecule has 2 aliphatic heterocycles. The van der Waals surface area contributed by atoms with E-state index in [2.05, 4.69) is 40.6 Å². The van der Waals surface area contributed by atoms with Crippen LogP contribution < -0.4 is 10.6 Å². The van der Waals surface area contributed by atoms with Crippen LogP contribution in [0.3, 0.4) is 0 Å². The number of likely N-dealkylation sites (tertiary alicyclic amines) is 1. The van der Waals surface area contributed by atoms with Gasteiger partial charge >= 0.3 is 0 Å². The fourth-order valence-corrected chi connectivity index (χ4v) is 10.2. The van der Waals surface area contributed by atoms with Gasteiger partial charge in [0.25, 0.3) is 0 Å². The lowest BCUT2D eigenvalue weighted by Gasteiger charge is -2.39. The Morgan fingerprint density at radius 3 is 2.70 bits per heavy atom. The highest BCUT2D eigenvalue weighted by Gasteiger charge is 2.49. The van der Waals surface area contributed by atoms with Gasteiger partial charge in [0.1, 0.15) is 16.9 Å². The number of piperidine rings is 1. The zero-order valence-electron chi connectivity index (χ0n) is 26.8. The van der Waals surface area contributed by atoms with Crippen molar-refractivity contribution < 1.29 is 4.52 Å². The van der Waals surface area contributed by atoms with Gasteiger partial charge in [-0.1, -0.05) is 5.16 Å². The summed E-state index contributed by atoms with van der Waals surface area (Å²) in [6, 6.07) is 5.47. The number of anilines is 2. The number of rotatable bonds is 4. The summed E-state index contributed by atoms with van der Waals surface area (Å²) in [6.45, 7) is 6.76. The summed E-state index contributed by atoms with van der Waals surface area (Å²) in [5, 5.41) is 31.3. The van der Waals surface area contributed by atoms with Crippen molar-refractivity contribution in [2.45, 2.75) is 95.6 Å². The number of hydrogen-bond acceptors (Lipinski definition) is 11. The summed E-state index contributed by atoms with van der Waals surface area (Å²) >= 11 is 1.55. The smallest absolute Gasteiger partial charge is 0.186 e. The fraction of sp³-hybridized carbons (Fsp3) is 0.588. The molecule has 2 N–H and O–H groups in total. The Morgan fingerprint density at radius 2 is 1.93 bits per heavy atom. The number of thiophene rings is 1. The number of hydrogen-bond donors (Lipinski definition) is 1. The molecule has 2 aliphatic carbocycles. The van der Waals surface area contributed by atoms with Gasteiger partial charge < -0.3 is 20.1 Å². The third-order valence-corrected chi connectivity index (χ3v) is 12.4. The first-order valence-electron chi connectivity index (χ1n) is 16.7. The molecule has 0 saturated carbocycles. The van der Waals surface area contributed by atoms with E-state index < -0.39 is 10.8 Å². The highest BCUT2D eigenvalue weighted by atomic mass is 32.1. The minimum absolute atomic E-state index is 0.120. The molecule has 4 aromatic rings. The highest BCUT2D eigenvalue weighted by molar-refractivity contribution is 7.16. The first-order chi connectivity index (χ1) is 22.3. The standard InChI is InChI=1S/C34H40N10OS/c1-20(24-9-6-14-42(24)3)44-32-23(17-38-44)31(43-15-7-11-33(2,18-36)19-43)39-30(40-32)27-21-8-4-12-34(28(21)45-41-27)13-5-10-25-26(34)22(16-35)29(37)46-25/h17,20,24H,4-15,19,37H2,1-3H3/t20-,24-,33-,34-/m0/s1. The van der Waals surface area contributed by atoms with Crippen LogP contribution in [0.25, 0.3) is 22.6 Å². The van der Waals surface area contributed by atoms with Crippen LogP contribution in [-0.4, -0.2) is 62.5 Å². The Morgan fingerprint density at radius 1 is 1.11 bits per heavy atom. The van der Waals surface area contributed by atoms with Gasteiger partial charge in [-0.3, -0.25) is 0 Å². The highest BCUT2D eigenvalue weighted by Crippen LogP contribution is 2.55. The molecule has 0 unspecified atom stereocenters. The predicted octanol–water partition coefficient (Wildman–Crippen LogP) is 5.74. The van der Waals surface area contributed by atoms with E-state index in [-0.39, 0.29) is 6.04 Å². The second kappa shape index (κ2) is 10.8. The summed E-state index contributed by atoms with van der Waals surface area (Å²) in [5.74, 6) is 2.18. The number of nitrogens with two attached hydrogens (primary N) is 1. The van der Waals surface area contributed by atoms with E-state index in [1.807, 2.05) is 13.1 Å². The van der Waals surface area contributed by atoms with Crippen molar-refractivity contribution in [3.8, 4) is 23.7 Å². The molecule has 0 bridgehead atoms. The normalized spacial score (nSPS) is 27.0. The number of aryl methyl sites for hydroxylation is 1. The van der Waals surface area contributed by atoms with Crippen LogP contribution in [0.15, 0.2) is 10.7 Å². The Bertz CT molecular complexity index is 1920. The quantitative estimate of drug-likeness (QED) is 0.294. The van der Waals surface area contributed by atoms with Gasteiger partial charge in [-0.2, -0.15) is 15.6 Å². The van der Waals surface area contributed by atoms with Crippen molar-refractivity contribution in [3.05, 3.63) is 33.5 Å². The zero-order valence-corrected chi connectivity index (χ0v) is 27.7. The summed E-state index contributed by atoms with van der Waals surface area (Å²) in [4.78, 5) is 16.3. The van der Waals surface area contributed by atoms with Crippen molar-refractivity contribution in [2.24, 2.45) is 5.41 Å². The Balaban J connectivity index is 1.30. The lowest BCUT2D eigenvalue weighted by atomic mass is 9.63. The van der Waals surface area contributed by atoms with E-state index in [0.717, 1.165) is 105 Å². The van der Waals surface area contributed by atoms with E-state index in [1.165, 1.54) is 11.3 Å². The largest absolute Gasteiger partial charge is 0.389 e. The topological polar surface area (TPSA) is 150 Å². The molecule has 2 fully saturated rings. The lowest BCUT2D eigenvalue weighted by Crippen LogP contribution is -2.41. The van der Waals surface area contributed by atoms with E-state index in [0.29, 0.717) is 34.7 Å². The Kier molecular flexibility index (Phi) is 6.89. The molecule has 46 heavy (non-hydrogen) atoms. The molecule has 6 heterocycles. The maximum atomic E-state index is 10.1. The Hall–Kier alpha value is -4.00. The summed E-state index contributed by atoms with van der Waals surface area (Å²) in [5.41, 5.74) is 9.67. The van der Waals surface area contributed by atoms with Crippen LogP contribution in [0, 0.1) is 28.1 Å². The second-order valence-corrected chi connectivity index (χ2v) is 15.3. The zero-order chi connectivity index (χ0) is 31.8. The SMILES string of the molecule is C[C@@H]([C@@H]1CCCN1C)n1ncc2c(N3CCC[C@@](C)(C#N)C3)nc(-c3noc4c3CCC[C@@]43CCCc4sc(N)c(C#N)c43)nc21. The molecule has 12 heteroatoms. The molecule has 0 radical (unpaired) electrons. The number of aromatic nitrogens is 5. The average Bonchev–Trinajstić information content (AvgIpc) is 3.85. The van der Waals surface area contributed by atoms with Crippen LogP contribution in [0.5, 0.6) is 0 Å². The number of nitrogens with zero attached hydrogens (tertiary/aromatic N) is 9. The molecule has 4 aliphatic rings. The summed E-state index contributed by atoms with van der Waals surface area (Å²) < 4.78 is 8.41. The molecule has 238 valence electrons. The first kappa shape index (κ1) is 29.4. The maximum absolute atomic E-state index is 10.1. The predicted molar refractivity (Wildman–Crippen MR) is 176 cm³/mol. The van der Waals surface area contributed by atoms with Gasteiger partial charge in [0.2, 0.25) is 0 Å². The number of nitrogen functional groups attached to an aromatic ring is 1. The molecule has 2 saturated heterocycles. The molecule has 0 amide bonds. The molecule has 11 nitrogen and oxygen atoms in total. The number of fused-ring (bicyclic) bond motifs is 5. The molecular formula is C34H40N10OS. The van der Waals surface area contributed by atoms with Crippen LogP contribution in [0.4, 0.5) is 10.8 Å². The van der Waals surface area contributed by atoms with Crippen molar-refractivity contribution >= 4 is 33.2 Å². The monoisotopic (exact) mass is 636 g/mol. The van der Waals surface area contributed by atoms with Gasteiger partial charge in [0.05, 0.1) is 40.1 Å². The third kappa shape index (κ3) is 4.30. The molecule has 1 spiro atoms. The average molecular weight is 637 g/mol. The first-order valence-corrected chi connectivity index (χ1v) is 17.5. The van der Waals surface area contributed by atoms with Gasteiger partial charge in [0, 0.05) is 29.6 Å². The number of likely N-dealkylation sites (N-methyl/N-ethyl adjacent to an activating group) is 1. The van der Waals surface area contributed by atoms with E-state index in [1.54, 1.807) is 11.3 Å². The molecule has 4 atom stereocenters. The fourth-order valence-electron chi connectivity index (χ4n) is 8.99. The Labute approximate surface area is 273 Å². The van der Waals surface area contributed by atoms with Crippen LogP contribution in [0.2, 0.25) is 0 Å². The van der Waals surface area contributed by atoms with Crippen molar-refractivity contribution in [1.29, 1.82) is 10.5 Å². The minimum atomic E-state index is -0.454. The van der Waals surface area contributed by atoms with Crippen LogP contribution in [-0.2, 0) is 18.3 Å². The maximum Gasteiger partial charge on any atom is 0.186 e. The lowest BCUT2D eigenvalue weighted by molar-refractivity contribution is 0.232. The van der Waals surface area contributed by atoms with Crippen LogP contribution in [0.1, 0.15) is 98.6 Å². The van der Waals surface area contributed by atoms with E-state index in [4.69, 9.17) is 30.5 Å². The van der Waals surface area contributed by atoms with Gasteiger partial charge in [-0.15, -0.1) is 11.3 Å². The number of nitriles is 2. The second-order valence-electron chi connectivity index (χ2n) is 14.2. The molecular weight excluding hydrogens is 597 g/mol. The van der Waals surface area contributed by atoms with Crippen molar-refractivity contribution in [2.75, 3.05) is 37.3 Å². The summed E-state index contributed by atoms with van der Waals surface area (Å²) in [7, 11) is 2.19. The third-order valence-electron chi connectivity index (χ3n) is 11.3. The van der Waals surface area contributed by atoms with Gasteiger partial charge in [-0.25, -0.2) is 14.6 Å². The van der Waals surface area contributed by atoms with Crippen molar-refractivity contribution in [3.63, 3.8) is 0 Å². The van der Waals surface area contributed by atoms with E-state index in [9.17, 15) is 10.5 Å². The molecule has 8 rings (SSSR count). The molecule has 4 aromatic heterocycles. The minimum Gasteiger partial charge on any atom is -0.389 e. The van der Waals surface area contributed by atoms with E-state index >= 15 is 0 Å². The summed E-state index contributed by atoms with van der Waals surface area (Å²) in [6.07, 6.45) is 11.5. The molecule has 0 aromatic carbocycles. The van der Waals surface area contributed by atoms with Gasteiger partial charge in [-0.05, 0) is 97.2 Å².